The van der Waals surface area contributed by atoms with E-state index in [1.165, 1.54) is 19.3 Å². The van der Waals surface area contributed by atoms with Gasteiger partial charge >= 0.3 is 0 Å². The summed E-state index contributed by atoms with van der Waals surface area (Å²) in [5.41, 5.74) is 0. The quantitative estimate of drug-likeness (QED) is 0.521. The van der Waals surface area contributed by atoms with Gasteiger partial charge in [-0.15, -0.1) is 0 Å². The Morgan fingerprint density at radius 1 is 1.00 bits per heavy atom. The zero-order valence-electron chi connectivity index (χ0n) is 11.8. The lowest BCUT2D eigenvalue weighted by atomic mass is 10.2. The minimum atomic E-state index is 0.225. The third-order valence-electron chi connectivity index (χ3n) is 2.83. The summed E-state index contributed by atoms with van der Waals surface area (Å²) in [7, 11) is 0. The molecule has 0 aliphatic carbocycles. The van der Waals surface area contributed by atoms with Crippen LogP contribution in [0.2, 0.25) is 0 Å². The van der Waals surface area contributed by atoms with Crippen LogP contribution in [0.1, 0.15) is 59.3 Å². The monoisotopic (exact) mass is 243 g/mol. The Labute approximate surface area is 107 Å². The van der Waals surface area contributed by atoms with Crippen LogP contribution in [0.15, 0.2) is 0 Å². The average Bonchev–Trinajstić information content (AvgIpc) is 2.34. The number of ether oxygens (including phenoxy) is 1. The lowest BCUT2D eigenvalue weighted by Gasteiger charge is -2.19. The van der Waals surface area contributed by atoms with E-state index in [-0.39, 0.29) is 5.91 Å². The van der Waals surface area contributed by atoms with Crippen LogP contribution in [-0.2, 0) is 9.53 Å². The highest BCUT2D eigenvalue weighted by atomic mass is 16.5. The summed E-state index contributed by atoms with van der Waals surface area (Å²) in [5.74, 6) is 0.225. The number of hydrogen-bond acceptors (Lipinski definition) is 2. The van der Waals surface area contributed by atoms with E-state index in [2.05, 4.69) is 13.8 Å². The molecule has 0 radical (unpaired) electrons. The van der Waals surface area contributed by atoms with Crippen LogP contribution in [0.4, 0.5) is 0 Å². The van der Waals surface area contributed by atoms with Gasteiger partial charge in [0.05, 0.1) is 13.0 Å². The molecule has 0 unspecified atom stereocenters. The maximum absolute atomic E-state index is 11.7. The zero-order valence-corrected chi connectivity index (χ0v) is 11.8. The van der Waals surface area contributed by atoms with Crippen LogP contribution >= 0.6 is 0 Å². The molecule has 0 heterocycles. The van der Waals surface area contributed by atoms with E-state index in [1.807, 2.05) is 11.8 Å². The van der Waals surface area contributed by atoms with Crippen molar-refractivity contribution < 1.29 is 9.53 Å². The Morgan fingerprint density at radius 2 is 1.76 bits per heavy atom. The molecule has 3 heteroatoms. The zero-order chi connectivity index (χ0) is 12.9. The molecule has 102 valence electrons. The lowest BCUT2D eigenvalue weighted by molar-refractivity contribution is -0.132. The van der Waals surface area contributed by atoms with Crippen molar-refractivity contribution in [3.05, 3.63) is 0 Å². The molecule has 0 aromatic carbocycles. The summed E-state index contributed by atoms with van der Waals surface area (Å²) in [6.45, 7) is 9.37. The number of hydrogen-bond donors (Lipinski definition) is 0. The Bertz CT molecular complexity index is 183. The number of carbonyl (C=O) groups excluding carboxylic acids is 1. The molecule has 0 bridgehead atoms. The normalized spacial score (nSPS) is 10.5. The summed E-state index contributed by atoms with van der Waals surface area (Å²) in [6.07, 6.45) is 6.44. The van der Waals surface area contributed by atoms with Crippen LogP contribution in [0, 0.1) is 0 Å². The van der Waals surface area contributed by atoms with E-state index in [9.17, 15) is 4.79 Å². The molecule has 0 rings (SSSR count). The molecule has 0 N–H and O–H groups in total. The fraction of sp³-hybridized carbons (Fsp3) is 0.929. The average molecular weight is 243 g/mol. The molecule has 0 fully saturated rings. The molecule has 0 spiro atoms. The summed E-state index contributed by atoms with van der Waals surface area (Å²) < 4.78 is 5.48. The maximum atomic E-state index is 11.7. The third-order valence-corrected chi connectivity index (χ3v) is 2.83. The summed E-state index contributed by atoms with van der Waals surface area (Å²) in [4.78, 5) is 13.6. The molecule has 3 nitrogen and oxygen atoms in total. The van der Waals surface area contributed by atoms with E-state index in [4.69, 9.17) is 4.74 Å². The predicted octanol–water partition coefficient (Wildman–Crippen LogP) is 3.23. The van der Waals surface area contributed by atoms with Crippen LogP contribution in [-0.4, -0.2) is 37.1 Å². The molecule has 0 aromatic rings. The first-order chi connectivity index (χ1) is 8.26. The van der Waals surface area contributed by atoms with Crippen LogP contribution in [0.25, 0.3) is 0 Å². The van der Waals surface area contributed by atoms with E-state index >= 15 is 0 Å². The van der Waals surface area contributed by atoms with Gasteiger partial charge in [0.25, 0.3) is 0 Å². The molecule has 0 aliphatic rings. The van der Waals surface area contributed by atoms with Crippen LogP contribution < -0.4 is 0 Å². The number of carbonyl (C=O) groups is 1. The molecule has 0 saturated heterocycles. The van der Waals surface area contributed by atoms with E-state index in [1.54, 1.807) is 0 Å². The van der Waals surface area contributed by atoms with Crippen molar-refractivity contribution in [2.45, 2.75) is 59.3 Å². The van der Waals surface area contributed by atoms with Crippen molar-refractivity contribution in [1.29, 1.82) is 0 Å². The van der Waals surface area contributed by atoms with Crippen molar-refractivity contribution in [3.8, 4) is 0 Å². The molecule has 0 atom stereocenters. The number of unbranched alkanes of at least 4 members (excludes halogenated alkanes) is 3. The number of rotatable bonds is 11. The van der Waals surface area contributed by atoms with Gasteiger partial charge in [0, 0.05) is 19.7 Å². The Hall–Kier alpha value is -0.570. The molecule has 17 heavy (non-hydrogen) atoms. The van der Waals surface area contributed by atoms with Crippen molar-refractivity contribution >= 4 is 5.91 Å². The van der Waals surface area contributed by atoms with Crippen molar-refractivity contribution in [1.82, 2.24) is 4.90 Å². The highest BCUT2D eigenvalue weighted by Gasteiger charge is 2.09. The fourth-order valence-corrected chi connectivity index (χ4v) is 1.78. The SMILES string of the molecule is CCCCCCOCCC(=O)N(CC)CCC. The van der Waals surface area contributed by atoms with Crippen molar-refractivity contribution in [2.24, 2.45) is 0 Å². The number of nitrogens with zero attached hydrogens (tertiary/aromatic N) is 1. The number of amides is 1. The molecule has 0 aliphatic heterocycles. The summed E-state index contributed by atoms with van der Waals surface area (Å²) >= 11 is 0. The van der Waals surface area contributed by atoms with Gasteiger partial charge in [-0.3, -0.25) is 4.79 Å². The second-order valence-corrected chi connectivity index (χ2v) is 4.40. The first kappa shape index (κ1) is 16.4. The van der Waals surface area contributed by atoms with Crippen molar-refractivity contribution in [2.75, 3.05) is 26.3 Å². The summed E-state index contributed by atoms with van der Waals surface area (Å²) in [5, 5.41) is 0. The smallest absolute Gasteiger partial charge is 0.224 e. The van der Waals surface area contributed by atoms with Gasteiger partial charge in [0.15, 0.2) is 0 Å². The minimum Gasteiger partial charge on any atom is -0.381 e. The highest BCUT2D eigenvalue weighted by molar-refractivity contribution is 5.76. The second-order valence-electron chi connectivity index (χ2n) is 4.40. The Balaban J connectivity index is 3.43. The summed E-state index contributed by atoms with van der Waals surface area (Å²) in [6, 6.07) is 0. The molecule has 1 amide bonds. The largest absolute Gasteiger partial charge is 0.381 e. The van der Waals surface area contributed by atoms with Gasteiger partial charge in [-0.05, 0) is 19.8 Å². The fourth-order valence-electron chi connectivity index (χ4n) is 1.78. The van der Waals surface area contributed by atoms with Crippen molar-refractivity contribution in [3.63, 3.8) is 0 Å². The van der Waals surface area contributed by atoms with Gasteiger partial charge in [-0.25, -0.2) is 0 Å². The Morgan fingerprint density at radius 3 is 2.35 bits per heavy atom. The standard InChI is InChI=1S/C14H29NO2/c1-4-7-8-9-12-17-13-10-14(16)15(6-3)11-5-2/h4-13H2,1-3H3. The molecule has 0 saturated carbocycles. The van der Waals surface area contributed by atoms with E-state index in [0.717, 1.165) is 32.5 Å². The first-order valence-corrected chi connectivity index (χ1v) is 7.11. The minimum absolute atomic E-state index is 0.225. The molecule has 0 aromatic heterocycles. The molecular weight excluding hydrogens is 214 g/mol. The second kappa shape index (κ2) is 11.9. The van der Waals surface area contributed by atoms with Gasteiger partial charge < -0.3 is 9.64 Å². The van der Waals surface area contributed by atoms with Crippen LogP contribution in [0.5, 0.6) is 0 Å². The third kappa shape index (κ3) is 9.16. The van der Waals surface area contributed by atoms with Gasteiger partial charge in [-0.1, -0.05) is 33.1 Å². The highest BCUT2D eigenvalue weighted by Crippen LogP contribution is 2.00. The van der Waals surface area contributed by atoms with Gasteiger partial charge in [-0.2, -0.15) is 0 Å². The molecular formula is C14H29NO2. The van der Waals surface area contributed by atoms with E-state index in [0.29, 0.717) is 13.0 Å². The maximum Gasteiger partial charge on any atom is 0.224 e. The van der Waals surface area contributed by atoms with E-state index < -0.39 is 0 Å². The van der Waals surface area contributed by atoms with Gasteiger partial charge in [0.1, 0.15) is 0 Å². The predicted molar refractivity (Wildman–Crippen MR) is 72.1 cm³/mol. The Kier molecular flexibility index (Phi) is 11.5. The lowest BCUT2D eigenvalue weighted by Crippen LogP contribution is -2.32. The van der Waals surface area contributed by atoms with Gasteiger partial charge in [0.2, 0.25) is 5.91 Å². The topological polar surface area (TPSA) is 29.5 Å². The van der Waals surface area contributed by atoms with Crippen LogP contribution in [0.3, 0.4) is 0 Å². The first-order valence-electron chi connectivity index (χ1n) is 7.11.